The van der Waals surface area contributed by atoms with E-state index >= 15 is 0 Å². The second-order valence-electron chi connectivity index (χ2n) is 4.91. The number of carbonyl (C=O) groups excluding carboxylic acids is 1. The summed E-state index contributed by atoms with van der Waals surface area (Å²) in [5, 5.41) is 6.79. The number of hydrogen-bond acceptors (Lipinski definition) is 4. The summed E-state index contributed by atoms with van der Waals surface area (Å²) in [4.78, 5) is 15.7. The molecule has 0 saturated heterocycles. The van der Waals surface area contributed by atoms with Crippen molar-refractivity contribution in [1.29, 1.82) is 0 Å². The zero-order valence-electron chi connectivity index (χ0n) is 13.1. The van der Waals surface area contributed by atoms with Gasteiger partial charge in [0, 0.05) is 24.6 Å². The highest BCUT2D eigenvalue weighted by Gasteiger charge is 2.09. The van der Waals surface area contributed by atoms with Crippen molar-refractivity contribution in [3.8, 4) is 0 Å². The first-order valence-electron chi connectivity index (χ1n) is 7.31. The van der Waals surface area contributed by atoms with Gasteiger partial charge in [0.05, 0.1) is 12.2 Å². The fraction of sp³-hybridized carbons (Fsp3) is 0.235. The number of pyridine rings is 1. The maximum atomic E-state index is 11.7. The minimum Gasteiger partial charge on any atom is -0.462 e. The standard InChI is InChI=1S/C17H19N3O2S/c1-3-22-16(21)14-4-5-15(12(2)10-14)20-17(23)19-11-13-6-8-18-9-7-13/h4-10H,3,11H2,1-2H3,(H2,19,20,23). The van der Waals surface area contributed by atoms with Gasteiger partial charge in [-0.3, -0.25) is 4.98 Å². The van der Waals surface area contributed by atoms with Gasteiger partial charge in [-0.05, 0) is 67.5 Å². The normalized spacial score (nSPS) is 10.0. The first-order valence-corrected chi connectivity index (χ1v) is 7.72. The Kier molecular flexibility index (Phi) is 6.05. The topological polar surface area (TPSA) is 63.2 Å². The Morgan fingerprint density at radius 1 is 1.26 bits per heavy atom. The predicted molar refractivity (Wildman–Crippen MR) is 94.4 cm³/mol. The van der Waals surface area contributed by atoms with E-state index in [0.29, 0.717) is 23.8 Å². The number of ether oxygens (including phenoxy) is 1. The molecule has 0 aliphatic carbocycles. The third-order valence-electron chi connectivity index (χ3n) is 3.19. The van der Waals surface area contributed by atoms with Gasteiger partial charge in [-0.15, -0.1) is 0 Å². The highest BCUT2D eigenvalue weighted by molar-refractivity contribution is 7.80. The third kappa shape index (κ3) is 5.03. The van der Waals surface area contributed by atoms with Gasteiger partial charge >= 0.3 is 5.97 Å². The van der Waals surface area contributed by atoms with Gasteiger partial charge in [-0.1, -0.05) is 0 Å². The molecule has 0 aliphatic rings. The zero-order valence-corrected chi connectivity index (χ0v) is 13.9. The molecule has 5 nitrogen and oxygen atoms in total. The summed E-state index contributed by atoms with van der Waals surface area (Å²) in [5.41, 5.74) is 3.40. The Morgan fingerprint density at radius 2 is 2.00 bits per heavy atom. The number of benzene rings is 1. The van der Waals surface area contributed by atoms with Crippen molar-refractivity contribution in [2.45, 2.75) is 20.4 Å². The monoisotopic (exact) mass is 329 g/mol. The maximum Gasteiger partial charge on any atom is 0.338 e. The summed E-state index contributed by atoms with van der Waals surface area (Å²) >= 11 is 5.29. The summed E-state index contributed by atoms with van der Waals surface area (Å²) in [7, 11) is 0. The maximum absolute atomic E-state index is 11.7. The van der Waals surface area contributed by atoms with E-state index in [1.54, 1.807) is 31.5 Å². The second-order valence-corrected chi connectivity index (χ2v) is 5.32. The molecule has 0 atom stereocenters. The number of aryl methyl sites for hydroxylation is 1. The molecule has 2 rings (SSSR count). The number of nitrogens with one attached hydrogen (secondary N) is 2. The van der Waals surface area contributed by atoms with Gasteiger partial charge in [-0.25, -0.2) is 4.79 Å². The summed E-state index contributed by atoms with van der Waals surface area (Å²) < 4.78 is 4.99. The van der Waals surface area contributed by atoms with Crippen LogP contribution < -0.4 is 10.6 Å². The molecule has 1 aromatic carbocycles. The van der Waals surface area contributed by atoms with Crippen molar-refractivity contribution in [2.75, 3.05) is 11.9 Å². The number of nitrogens with zero attached hydrogens (tertiary/aromatic N) is 1. The highest BCUT2D eigenvalue weighted by Crippen LogP contribution is 2.17. The van der Waals surface area contributed by atoms with Crippen LogP contribution in [0.25, 0.3) is 0 Å². The summed E-state index contributed by atoms with van der Waals surface area (Å²) in [6.45, 7) is 4.68. The van der Waals surface area contributed by atoms with Crippen LogP contribution in [0.5, 0.6) is 0 Å². The number of hydrogen-bond donors (Lipinski definition) is 2. The van der Waals surface area contributed by atoms with Crippen LogP contribution in [0.2, 0.25) is 0 Å². The van der Waals surface area contributed by atoms with Crippen molar-refractivity contribution in [3.05, 3.63) is 59.4 Å². The Morgan fingerprint density at radius 3 is 2.65 bits per heavy atom. The molecule has 2 N–H and O–H groups in total. The molecule has 0 bridgehead atoms. The lowest BCUT2D eigenvalue weighted by molar-refractivity contribution is 0.0526. The van der Waals surface area contributed by atoms with E-state index in [1.165, 1.54) is 0 Å². The largest absolute Gasteiger partial charge is 0.462 e. The van der Waals surface area contributed by atoms with Gasteiger partial charge in [0.15, 0.2) is 5.11 Å². The molecule has 0 radical (unpaired) electrons. The molecule has 23 heavy (non-hydrogen) atoms. The van der Waals surface area contributed by atoms with Crippen molar-refractivity contribution >= 4 is 29.0 Å². The number of rotatable bonds is 5. The molecule has 0 fully saturated rings. The van der Waals surface area contributed by atoms with E-state index in [1.807, 2.05) is 25.1 Å². The van der Waals surface area contributed by atoms with Crippen LogP contribution in [-0.4, -0.2) is 22.7 Å². The third-order valence-corrected chi connectivity index (χ3v) is 3.43. The second kappa shape index (κ2) is 8.24. The number of carbonyl (C=O) groups is 1. The summed E-state index contributed by atoms with van der Waals surface area (Å²) in [6, 6.07) is 9.18. The van der Waals surface area contributed by atoms with Crippen molar-refractivity contribution in [2.24, 2.45) is 0 Å². The predicted octanol–water partition coefficient (Wildman–Crippen LogP) is 3.05. The molecule has 2 aromatic rings. The highest BCUT2D eigenvalue weighted by atomic mass is 32.1. The van der Waals surface area contributed by atoms with Crippen molar-refractivity contribution in [1.82, 2.24) is 10.3 Å². The van der Waals surface area contributed by atoms with Gasteiger partial charge in [-0.2, -0.15) is 0 Å². The van der Waals surface area contributed by atoms with Gasteiger partial charge < -0.3 is 15.4 Å². The van der Waals surface area contributed by atoms with Crippen LogP contribution in [0, 0.1) is 6.92 Å². The van der Waals surface area contributed by atoms with Gasteiger partial charge in [0.25, 0.3) is 0 Å². The van der Waals surface area contributed by atoms with Crippen LogP contribution in [0.3, 0.4) is 0 Å². The van der Waals surface area contributed by atoms with Crippen LogP contribution >= 0.6 is 12.2 Å². The molecule has 0 spiro atoms. The van der Waals surface area contributed by atoms with E-state index in [9.17, 15) is 4.79 Å². The number of aromatic nitrogens is 1. The SMILES string of the molecule is CCOC(=O)c1ccc(NC(=S)NCc2ccncc2)c(C)c1. The smallest absolute Gasteiger partial charge is 0.338 e. The fourth-order valence-corrected chi connectivity index (χ4v) is 2.18. The van der Waals surface area contributed by atoms with Crippen LogP contribution in [0.15, 0.2) is 42.7 Å². The molecule has 0 aliphatic heterocycles. The molecule has 6 heteroatoms. The Bertz CT molecular complexity index is 689. The average molecular weight is 329 g/mol. The van der Waals surface area contributed by atoms with E-state index in [0.717, 1.165) is 16.8 Å². The molecular formula is C17H19N3O2S. The number of thiocarbonyl (C=S) groups is 1. The van der Waals surface area contributed by atoms with Crippen molar-refractivity contribution < 1.29 is 9.53 Å². The average Bonchev–Trinajstić information content (AvgIpc) is 2.56. The van der Waals surface area contributed by atoms with E-state index in [-0.39, 0.29) is 5.97 Å². The van der Waals surface area contributed by atoms with Crippen LogP contribution in [0.1, 0.15) is 28.4 Å². The zero-order chi connectivity index (χ0) is 16.7. The van der Waals surface area contributed by atoms with E-state index < -0.39 is 0 Å². The molecule has 1 aromatic heterocycles. The number of esters is 1. The minimum absolute atomic E-state index is 0.319. The Balaban J connectivity index is 1.94. The summed E-state index contributed by atoms with van der Waals surface area (Å²) in [5.74, 6) is -0.319. The molecular weight excluding hydrogens is 310 g/mol. The van der Waals surface area contributed by atoms with Gasteiger partial charge in [0.1, 0.15) is 0 Å². The number of anilines is 1. The Hall–Kier alpha value is -2.47. The fourth-order valence-electron chi connectivity index (χ4n) is 1.99. The molecule has 0 saturated carbocycles. The van der Waals surface area contributed by atoms with Gasteiger partial charge in [0.2, 0.25) is 0 Å². The lowest BCUT2D eigenvalue weighted by Crippen LogP contribution is -2.28. The molecule has 0 unspecified atom stereocenters. The lowest BCUT2D eigenvalue weighted by Gasteiger charge is -2.13. The van der Waals surface area contributed by atoms with Crippen molar-refractivity contribution in [3.63, 3.8) is 0 Å². The summed E-state index contributed by atoms with van der Waals surface area (Å²) in [6.07, 6.45) is 3.48. The van der Waals surface area contributed by atoms with Crippen LogP contribution in [0.4, 0.5) is 5.69 Å². The van der Waals surface area contributed by atoms with Crippen LogP contribution in [-0.2, 0) is 11.3 Å². The molecule has 0 amide bonds. The Labute approximate surface area is 141 Å². The van der Waals surface area contributed by atoms with E-state index in [2.05, 4.69) is 15.6 Å². The minimum atomic E-state index is -0.319. The first-order chi connectivity index (χ1) is 11.1. The lowest BCUT2D eigenvalue weighted by atomic mass is 10.1. The van der Waals surface area contributed by atoms with E-state index in [4.69, 9.17) is 17.0 Å². The molecule has 1 heterocycles. The molecule has 120 valence electrons. The quantitative estimate of drug-likeness (QED) is 0.649. The first kappa shape index (κ1) is 16.9.